The number of benzene rings is 1. The fraction of sp³-hybridized carbons (Fsp3) is 0.0625. The smallest absolute Gasteiger partial charge is 0.167 e. The summed E-state index contributed by atoms with van der Waals surface area (Å²) < 4.78 is 24.3. The Balaban J connectivity index is 2.13. The number of rotatable bonds is 5. The minimum Gasteiger partial charge on any atom is -0.483 e. The van der Waals surface area contributed by atoms with Gasteiger partial charge < -0.3 is 14.5 Å². The number of furan rings is 1. The van der Waals surface area contributed by atoms with E-state index in [1.807, 2.05) is 0 Å². The second kappa shape index (κ2) is 7.31. The molecule has 1 heterocycles. The topological polar surface area (TPSA) is 106 Å². The van der Waals surface area contributed by atoms with Gasteiger partial charge in [0.25, 0.3) is 0 Å². The second-order valence-corrected chi connectivity index (χ2v) is 4.22. The van der Waals surface area contributed by atoms with Crippen LogP contribution in [0.3, 0.4) is 0 Å². The molecule has 1 aromatic heterocycles. The largest absolute Gasteiger partial charge is 0.483 e. The van der Waals surface area contributed by atoms with Gasteiger partial charge in [-0.3, -0.25) is 0 Å². The Morgan fingerprint density at radius 1 is 1.17 bits per heavy atom. The highest BCUT2D eigenvalue weighted by atomic mass is 19.1. The average Bonchev–Trinajstić information content (AvgIpc) is 3.07. The van der Waals surface area contributed by atoms with Gasteiger partial charge in [0.05, 0.1) is 6.26 Å². The minimum absolute atomic E-state index is 0.00947. The average molecular weight is 308 g/mol. The zero-order chi connectivity index (χ0) is 16.7. The van der Waals surface area contributed by atoms with E-state index in [2.05, 4.69) is 5.32 Å². The first kappa shape index (κ1) is 15.6. The lowest BCUT2D eigenvalue weighted by atomic mass is 10.2. The van der Waals surface area contributed by atoms with E-state index in [0.717, 1.165) is 6.07 Å². The van der Waals surface area contributed by atoms with E-state index in [1.54, 1.807) is 30.3 Å². The summed E-state index contributed by atoms with van der Waals surface area (Å²) in [6.07, 6.45) is 1.49. The van der Waals surface area contributed by atoms with Crippen LogP contribution in [0.4, 0.5) is 10.1 Å². The third-order valence-corrected chi connectivity index (χ3v) is 2.74. The lowest BCUT2D eigenvalue weighted by Crippen LogP contribution is -2.02. The highest BCUT2D eigenvalue weighted by Crippen LogP contribution is 2.23. The number of nitriles is 3. The van der Waals surface area contributed by atoms with Crippen LogP contribution in [0, 0.1) is 39.8 Å². The Bertz CT molecular complexity index is 836. The van der Waals surface area contributed by atoms with E-state index < -0.39 is 5.82 Å². The highest BCUT2D eigenvalue weighted by Gasteiger charge is 2.10. The molecular formula is C16H9FN4O2. The molecule has 7 heteroatoms. The van der Waals surface area contributed by atoms with Gasteiger partial charge in [0, 0.05) is 11.8 Å². The van der Waals surface area contributed by atoms with Crippen molar-refractivity contribution < 1.29 is 13.5 Å². The highest BCUT2D eigenvalue weighted by molar-refractivity contribution is 5.59. The molecule has 0 saturated heterocycles. The third-order valence-electron chi connectivity index (χ3n) is 2.74. The maximum absolute atomic E-state index is 14.0. The Morgan fingerprint density at radius 3 is 2.52 bits per heavy atom. The molecular weight excluding hydrogens is 299 g/mol. The van der Waals surface area contributed by atoms with E-state index in [1.165, 1.54) is 18.4 Å². The van der Waals surface area contributed by atoms with Gasteiger partial charge in [-0.15, -0.1) is 0 Å². The van der Waals surface area contributed by atoms with Crippen molar-refractivity contribution in [2.45, 2.75) is 6.61 Å². The van der Waals surface area contributed by atoms with Crippen LogP contribution in [0.1, 0.15) is 5.76 Å². The van der Waals surface area contributed by atoms with Crippen LogP contribution in [0.5, 0.6) is 5.75 Å². The molecule has 2 rings (SSSR count). The Hall–Kier alpha value is -3.76. The van der Waals surface area contributed by atoms with Crippen LogP contribution >= 0.6 is 0 Å². The number of anilines is 1. The SMILES string of the molecule is N#CC(C#N)=C(C#N)Nc1ccc(OCc2ccco2)c(F)c1. The van der Waals surface area contributed by atoms with Gasteiger partial charge in [-0.2, -0.15) is 15.8 Å². The molecule has 112 valence electrons. The van der Waals surface area contributed by atoms with E-state index in [-0.39, 0.29) is 29.3 Å². The Kier molecular flexibility index (Phi) is 4.96. The molecule has 0 aliphatic carbocycles. The fourth-order valence-corrected chi connectivity index (χ4v) is 1.67. The standard InChI is InChI=1S/C16H9FN4O2/c17-14-6-12(21-15(9-20)11(7-18)8-19)3-4-16(14)23-10-13-2-1-5-22-13/h1-6,21H,10H2. The van der Waals surface area contributed by atoms with Crippen molar-refractivity contribution in [2.24, 2.45) is 0 Å². The van der Waals surface area contributed by atoms with Crippen LogP contribution in [0.2, 0.25) is 0 Å². The lowest BCUT2D eigenvalue weighted by molar-refractivity contribution is 0.259. The monoisotopic (exact) mass is 308 g/mol. The molecule has 0 bridgehead atoms. The van der Waals surface area contributed by atoms with E-state index in [9.17, 15) is 4.39 Å². The van der Waals surface area contributed by atoms with Crippen LogP contribution in [-0.2, 0) is 6.61 Å². The van der Waals surface area contributed by atoms with Crippen molar-refractivity contribution in [3.8, 4) is 24.0 Å². The zero-order valence-electron chi connectivity index (χ0n) is 11.7. The summed E-state index contributed by atoms with van der Waals surface area (Å²) in [7, 11) is 0. The minimum atomic E-state index is -0.658. The third kappa shape index (κ3) is 3.87. The van der Waals surface area contributed by atoms with Gasteiger partial charge >= 0.3 is 0 Å². The molecule has 0 aliphatic rings. The van der Waals surface area contributed by atoms with Crippen molar-refractivity contribution in [1.29, 1.82) is 15.8 Å². The van der Waals surface area contributed by atoms with Gasteiger partial charge in [-0.25, -0.2) is 4.39 Å². The quantitative estimate of drug-likeness (QED) is 0.850. The van der Waals surface area contributed by atoms with Gasteiger partial charge in [0.1, 0.15) is 36.3 Å². The number of hydrogen-bond donors (Lipinski definition) is 1. The molecule has 0 radical (unpaired) electrons. The van der Waals surface area contributed by atoms with Crippen molar-refractivity contribution in [2.75, 3.05) is 5.32 Å². The van der Waals surface area contributed by atoms with E-state index in [0.29, 0.717) is 5.76 Å². The predicted molar refractivity (Wildman–Crippen MR) is 76.9 cm³/mol. The zero-order valence-corrected chi connectivity index (χ0v) is 11.7. The second-order valence-electron chi connectivity index (χ2n) is 4.22. The molecule has 6 nitrogen and oxygen atoms in total. The van der Waals surface area contributed by atoms with Crippen molar-refractivity contribution in [3.63, 3.8) is 0 Å². The first-order valence-electron chi connectivity index (χ1n) is 6.34. The molecule has 2 aromatic rings. The molecule has 0 fully saturated rings. The van der Waals surface area contributed by atoms with Crippen LogP contribution in [-0.4, -0.2) is 0 Å². The summed E-state index contributed by atoms with van der Waals surface area (Å²) in [5, 5.41) is 28.9. The fourth-order valence-electron chi connectivity index (χ4n) is 1.67. The molecule has 0 unspecified atom stereocenters. The Labute approximate surface area is 131 Å². The summed E-state index contributed by atoms with van der Waals surface area (Å²) in [6, 6.07) is 12.2. The van der Waals surface area contributed by atoms with E-state index >= 15 is 0 Å². The van der Waals surface area contributed by atoms with Gasteiger partial charge in [-0.1, -0.05) is 0 Å². The molecule has 1 N–H and O–H groups in total. The molecule has 1 aromatic carbocycles. The molecule has 0 aliphatic heterocycles. The number of nitrogens with one attached hydrogen (secondary N) is 1. The predicted octanol–water partition coefficient (Wildman–Crippen LogP) is 3.23. The molecule has 0 amide bonds. The first-order valence-corrected chi connectivity index (χ1v) is 6.34. The molecule has 0 spiro atoms. The summed E-state index contributed by atoms with van der Waals surface area (Å²) >= 11 is 0. The molecule has 0 atom stereocenters. The summed E-state index contributed by atoms with van der Waals surface area (Å²) in [4.78, 5) is 0. The summed E-state index contributed by atoms with van der Waals surface area (Å²) in [5.41, 5.74) is -0.419. The Morgan fingerprint density at radius 2 is 1.96 bits per heavy atom. The number of nitrogens with zero attached hydrogens (tertiary/aromatic N) is 3. The van der Waals surface area contributed by atoms with Crippen LogP contribution in [0.25, 0.3) is 0 Å². The molecule has 23 heavy (non-hydrogen) atoms. The maximum atomic E-state index is 14.0. The summed E-state index contributed by atoms with van der Waals surface area (Å²) in [6.45, 7) is 0.0764. The lowest BCUT2D eigenvalue weighted by Gasteiger charge is -2.09. The normalized spacial score (nSPS) is 9.13. The molecule has 0 saturated carbocycles. The van der Waals surface area contributed by atoms with Crippen LogP contribution < -0.4 is 10.1 Å². The van der Waals surface area contributed by atoms with Gasteiger partial charge in [0.2, 0.25) is 0 Å². The number of ether oxygens (including phenoxy) is 1. The first-order chi connectivity index (χ1) is 11.2. The van der Waals surface area contributed by atoms with E-state index in [4.69, 9.17) is 24.9 Å². The van der Waals surface area contributed by atoms with Gasteiger partial charge in [-0.05, 0) is 24.3 Å². The van der Waals surface area contributed by atoms with Gasteiger partial charge in [0.15, 0.2) is 17.1 Å². The summed E-state index contributed by atoms with van der Waals surface area (Å²) in [5.74, 6) is -0.0986. The van der Waals surface area contributed by atoms with Crippen molar-refractivity contribution in [3.05, 3.63) is 59.4 Å². The number of hydrogen-bond acceptors (Lipinski definition) is 6. The van der Waals surface area contributed by atoms with Crippen molar-refractivity contribution in [1.82, 2.24) is 0 Å². The number of allylic oxidation sites excluding steroid dienone is 2. The maximum Gasteiger partial charge on any atom is 0.167 e. The van der Waals surface area contributed by atoms with Crippen LogP contribution in [0.15, 0.2) is 52.3 Å². The number of halogens is 1. The van der Waals surface area contributed by atoms with Crippen molar-refractivity contribution >= 4 is 5.69 Å².